The van der Waals surface area contributed by atoms with Gasteiger partial charge in [0.15, 0.2) is 0 Å². The Labute approximate surface area is 161 Å². The minimum atomic E-state index is -4.37. The van der Waals surface area contributed by atoms with E-state index in [1.54, 1.807) is 18.6 Å². The molecule has 3 aromatic rings. The molecule has 0 spiro atoms. The van der Waals surface area contributed by atoms with Gasteiger partial charge >= 0.3 is 6.18 Å². The number of anilines is 1. The molecule has 1 aliphatic heterocycles. The van der Waals surface area contributed by atoms with Crippen LogP contribution in [0.15, 0.2) is 78.3 Å². The Hall–Kier alpha value is -3.09. The quantitative estimate of drug-likeness (QED) is 0.644. The van der Waals surface area contributed by atoms with Crippen LogP contribution < -0.4 is 4.90 Å². The summed E-state index contributed by atoms with van der Waals surface area (Å²) in [5.41, 5.74) is 0.925. The number of aromatic nitrogens is 2. The molecule has 0 aliphatic carbocycles. The summed E-state index contributed by atoms with van der Waals surface area (Å²) in [7, 11) is 0. The predicted molar refractivity (Wildman–Crippen MR) is 103 cm³/mol. The molecule has 28 heavy (non-hydrogen) atoms. The molecule has 1 aliphatic rings. The minimum Gasteiger partial charge on any atom is -0.336 e. The van der Waals surface area contributed by atoms with Gasteiger partial charge in [0.05, 0.1) is 24.4 Å². The summed E-state index contributed by atoms with van der Waals surface area (Å²) in [4.78, 5) is 10.7. The molecule has 144 valence electrons. The second kappa shape index (κ2) is 7.50. The summed E-state index contributed by atoms with van der Waals surface area (Å²) in [6, 6.07) is 15.3. The number of nitrogens with zero attached hydrogens (tertiary/aromatic N) is 4. The predicted octanol–water partition coefficient (Wildman–Crippen LogP) is 4.60. The van der Waals surface area contributed by atoms with Crippen LogP contribution >= 0.6 is 0 Å². The van der Waals surface area contributed by atoms with Crippen molar-refractivity contribution >= 4 is 11.5 Å². The van der Waals surface area contributed by atoms with Crippen molar-refractivity contribution in [2.45, 2.75) is 18.6 Å². The molecule has 1 atom stereocenters. The molecular weight excluding hydrogens is 365 g/mol. The molecule has 0 saturated heterocycles. The summed E-state index contributed by atoms with van der Waals surface area (Å²) in [6.45, 7) is 1.72. The lowest BCUT2D eigenvalue weighted by molar-refractivity contribution is -0.137. The van der Waals surface area contributed by atoms with Crippen molar-refractivity contribution in [3.05, 3.63) is 84.4 Å². The van der Waals surface area contributed by atoms with Crippen LogP contribution in [0.25, 0.3) is 0 Å². The molecule has 0 fully saturated rings. The summed E-state index contributed by atoms with van der Waals surface area (Å²) in [5, 5.41) is 0. The lowest BCUT2D eigenvalue weighted by Gasteiger charge is -2.28. The van der Waals surface area contributed by atoms with Crippen LogP contribution in [-0.2, 0) is 12.7 Å². The number of amidine groups is 1. The molecule has 7 heteroatoms. The van der Waals surface area contributed by atoms with E-state index in [-0.39, 0.29) is 5.92 Å². The number of aliphatic imine (C=N–C) groups is 1. The van der Waals surface area contributed by atoms with Gasteiger partial charge in [0.25, 0.3) is 0 Å². The molecule has 2 heterocycles. The van der Waals surface area contributed by atoms with Gasteiger partial charge in [-0.15, -0.1) is 0 Å². The molecule has 0 bridgehead atoms. The second-order valence-electron chi connectivity index (χ2n) is 6.66. The molecule has 4 rings (SSSR count). The summed E-state index contributed by atoms with van der Waals surface area (Å²) < 4.78 is 41.5. The van der Waals surface area contributed by atoms with Gasteiger partial charge in [-0.2, -0.15) is 13.2 Å². The van der Waals surface area contributed by atoms with Gasteiger partial charge < -0.3 is 9.47 Å². The van der Waals surface area contributed by atoms with Crippen molar-refractivity contribution in [1.29, 1.82) is 0 Å². The van der Waals surface area contributed by atoms with E-state index in [4.69, 9.17) is 0 Å². The Bertz CT molecular complexity index is 949. The average molecular weight is 384 g/mol. The van der Waals surface area contributed by atoms with E-state index in [9.17, 15) is 13.2 Å². The maximum atomic E-state index is 13.2. The summed E-state index contributed by atoms with van der Waals surface area (Å²) in [5.74, 6) is 0.687. The lowest BCUT2D eigenvalue weighted by atomic mass is 9.96. The van der Waals surface area contributed by atoms with Crippen LogP contribution in [0.5, 0.6) is 0 Å². The van der Waals surface area contributed by atoms with Gasteiger partial charge in [-0.3, -0.25) is 4.99 Å². The number of hydrogen-bond donors (Lipinski definition) is 0. The molecule has 4 nitrogen and oxygen atoms in total. The van der Waals surface area contributed by atoms with Crippen molar-refractivity contribution in [1.82, 2.24) is 9.55 Å². The second-order valence-corrected chi connectivity index (χ2v) is 6.66. The molecule has 1 aromatic heterocycles. The van der Waals surface area contributed by atoms with Crippen molar-refractivity contribution in [3.8, 4) is 0 Å². The van der Waals surface area contributed by atoms with Crippen LogP contribution in [0.3, 0.4) is 0 Å². The molecule has 0 N–H and O–H groups in total. The Balaban J connectivity index is 1.70. The number of halogens is 3. The van der Waals surface area contributed by atoms with Crippen LogP contribution in [0.1, 0.15) is 17.0 Å². The van der Waals surface area contributed by atoms with Gasteiger partial charge in [0, 0.05) is 31.2 Å². The SMILES string of the molecule is FC(F)(F)c1cccc(N2CCN=C2C(Cn2ccnc2)c2ccccc2)c1. The fourth-order valence-electron chi connectivity index (χ4n) is 3.50. The first-order valence-corrected chi connectivity index (χ1v) is 9.02. The van der Waals surface area contributed by atoms with Crippen molar-refractivity contribution in [3.63, 3.8) is 0 Å². The Kier molecular flexibility index (Phi) is 4.90. The minimum absolute atomic E-state index is 0.0903. The Morgan fingerprint density at radius 2 is 1.86 bits per heavy atom. The van der Waals surface area contributed by atoms with Gasteiger partial charge in [-0.05, 0) is 23.8 Å². The van der Waals surface area contributed by atoms with Crippen LogP contribution in [0, 0.1) is 0 Å². The van der Waals surface area contributed by atoms with E-state index in [1.807, 2.05) is 46.0 Å². The number of rotatable bonds is 5. The van der Waals surface area contributed by atoms with Gasteiger partial charge in [0.2, 0.25) is 0 Å². The Morgan fingerprint density at radius 3 is 2.57 bits per heavy atom. The monoisotopic (exact) mass is 384 g/mol. The molecular formula is C21H19F3N4. The highest BCUT2D eigenvalue weighted by molar-refractivity contribution is 6.03. The normalized spacial score (nSPS) is 15.5. The van der Waals surface area contributed by atoms with Crippen molar-refractivity contribution < 1.29 is 13.2 Å². The topological polar surface area (TPSA) is 33.4 Å². The molecule has 0 radical (unpaired) electrons. The molecule has 1 unspecified atom stereocenters. The fraction of sp³-hybridized carbons (Fsp3) is 0.238. The van der Waals surface area contributed by atoms with Crippen LogP contribution in [0.2, 0.25) is 0 Å². The standard InChI is InChI=1S/C21H19F3N4/c22-21(23,24)17-7-4-8-18(13-17)28-12-10-26-20(28)19(14-27-11-9-25-15-27)16-5-2-1-3-6-16/h1-9,11,13,15,19H,10,12,14H2. The first-order valence-electron chi connectivity index (χ1n) is 9.02. The highest BCUT2D eigenvalue weighted by Gasteiger charge is 2.33. The first-order chi connectivity index (χ1) is 13.5. The highest BCUT2D eigenvalue weighted by atomic mass is 19.4. The number of hydrogen-bond acceptors (Lipinski definition) is 3. The third kappa shape index (κ3) is 3.78. The zero-order chi connectivity index (χ0) is 19.6. The zero-order valence-electron chi connectivity index (χ0n) is 15.0. The van der Waals surface area contributed by atoms with E-state index in [1.165, 1.54) is 12.1 Å². The average Bonchev–Trinajstić information content (AvgIpc) is 3.38. The summed E-state index contributed by atoms with van der Waals surface area (Å²) >= 11 is 0. The third-order valence-electron chi connectivity index (χ3n) is 4.83. The van der Waals surface area contributed by atoms with Gasteiger partial charge in [-0.1, -0.05) is 36.4 Å². The van der Waals surface area contributed by atoms with Gasteiger partial charge in [0.1, 0.15) is 5.84 Å². The van der Waals surface area contributed by atoms with Crippen molar-refractivity contribution in [2.75, 3.05) is 18.0 Å². The van der Waals surface area contributed by atoms with Crippen LogP contribution in [0.4, 0.5) is 18.9 Å². The smallest absolute Gasteiger partial charge is 0.336 e. The highest BCUT2D eigenvalue weighted by Crippen LogP contribution is 2.34. The van der Waals surface area contributed by atoms with E-state index < -0.39 is 11.7 Å². The maximum Gasteiger partial charge on any atom is 0.416 e. The number of benzene rings is 2. The van der Waals surface area contributed by atoms with Crippen molar-refractivity contribution in [2.24, 2.45) is 4.99 Å². The molecule has 0 saturated carbocycles. The zero-order valence-corrected chi connectivity index (χ0v) is 15.0. The number of imidazole rings is 1. The first kappa shape index (κ1) is 18.3. The summed E-state index contributed by atoms with van der Waals surface area (Å²) in [6.07, 6.45) is 0.950. The van der Waals surface area contributed by atoms with E-state index >= 15 is 0 Å². The third-order valence-corrected chi connectivity index (χ3v) is 4.83. The van der Waals surface area contributed by atoms with E-state index in [2.05, 4.69) is 9.98 Å². The largest absolute Gasteiger partial charge is 0.416 e. The maximum absolute atomic E-state index is 13.2. The van der Waals surface area contributed by atoms with E-state index in [0.717, 1.165) is 17.5 Å². The molecule has 0 amide bonds. The number of alkyl halides is 3. The van der Waals surface area contributed by atoms with Gasteiger partial charge in [-0.25, -0.2) is 4.98 Å². The lowest BCUT2D eigenvalue weighted by Crippen LogP contribution is -2.34. The fourth-order valence-corrected chi connectivity index (χ4v) is 3.50. The van der Waals surface area contributed by atoms with Crippen LogP contribution in [-0.4, -0.2) is 28.5 Å². The molecule has 2 aromatic carbocycles. The van der Waals surface area contributed by atoms with E-state index in [0.29, 0.717) is 25.3 Å². The Morgan fingerprint density at radius 1 is 1.04 bits per heavy atom.